The summed E-state index contributed by atoms with van der Waals surface area (Å²) in [5.74, 6) is 1.22. The minimum absolute atomic E-state index is 0.0944. The van der Waals surface area contributed by atoms with Gasteiger partial charge >= 0.3 is 0 Å². The van der Waals surface area contributed by atoms with Crippen LogP contribution in [-0.2, 0) is 0 Å². The molecule has 13 heavy (non-hydrogen) atoms. The van der Waals surface area contributed by atoms with E-state index in [1.807, 2.05) is 11.8 Å². The summed E-state index contributed by atoms with van der Waals surface area (Å²) in [7, 11) is 0. The number of rotatable bonds is 5. The van der Waals surface area contributed by atoms with Gasteiger partial charge in [-0.2, -0.15) is 11.8 Å². The van der Waals surface area contributed by atoms with Crippen molar-refractivity contribution in [1.82, 2.24) is 5.32 Å². The van der Waals surface area contributed by atoms with E-state index >= 15 is 0 Å². The summed E-state index contributed by atoms with van der Waals surface area (Å²) in [6, 6.07) is 0.371. The van der Waals surface area contributed by atoms with E-state index in [1.54, 1.807) is 0 Å². The van der Waals surface area contributed by atoms with Gasteiger partial charge < -0.3 is 10.4 Å². The molecule has 1 rings (SSSR count). The molecule has 3 heteroatoms. The Morgan fingerprint density at radius 3 is 2.85 bits per heavy atom. The summed E-state index contributed by atoms with van der Waals surface area (Å²) in [5, 5.41) is 13.1. The molecule has 0 aromatic rings. The first-order chi connectivity index (χ1) is 6.34. The van der Waals surface area contributed by atoms with Crippen molar-refractivity contribution in [2.24, 2.45) is 0 Å². The first-order valence-corrected chi connectivity index (χ1v) is 6.64. The van der Waals surface area contributed by atoms with Crippen molar-refractivity contribution >= 4 is 11.8 Å². The normalized spacial score (nSPS) is 29.1. The van der Waals surface area contributed by atoms with Crippen molar-refractivity contribution in [3.05, 3.63) is 0 Å². The smallest absolute Gasteiger partial charge is 0.0693 e. The lowest BCUT2D eigenvalue weighted by molar-refractivity contribution is 0.0913. The Hall–Kier alpha value is 0.270. The molecule has 0 heterocycles. The van der Waals surface area contributed by atoms with Crippen LogP contribution in [0.15, 0.2) is 0 Å². The van der Waals surface area contributed by atoms with Crippen LogP contribution in [0.5, 0.6) is 0 Å². The zero-order valence-corrected chi connectivity index (χ0v) is 9.28. The molecule has 0 amide bonds. The van der Waals surface area contributed by atoms with Crippen molar-refractivity contribution in [3.8, 4) is 0 Å². The van der Waals surface area contributed by atoms with Gasteiger partial charge in [-0.15, -0.1) is 0 Å². The minimum atomic E-state index is -0.0944. The van der Waals surface area contributed by atoms with Gasteiger partial charge in [0, 0.05) is 6.04 Å². The summed E-state index contributed by atoms with van der Waals surface area (Å²) in [4.78, 5) is 0. The summed E-state index contributed by atoms with van der Waals surface area (Å²) < 4.78 is 0. The van der Waals surface area contributed by atoms with E-state index in [1.165, 1.54) is 25.0 Å². The molecular weight excluding hydrogens is 182 g/mol. The van der Waals surface area contributed by atoms with Crippen LogP contribution in [0.2, 0.25) is 0 Å². The van der Waals surface area contributed by atoms with Crippen molar-refractivity contribution in [2.75, 3.05) is 18.6 Å². The van der Waals surface area contributed by atoms with Crippen molar-refractivity contribution in [3.63, 3.8) is 0 Å². The van der Waals surface area contributed by atoms with E-state index in [0.29, 0.717) is 6.04 Å². The molecule has 1 aliphatic carbocycles. The van der Waals surface area contributed by atoms with Gasteiger partial charge in [-0.3, -0.25) is 0 Å². The van der Waals surface area contributed by atoms with Gasteiger partial charge in [0.2, 0.25) is 0 Å². The molecule has 2 nitrogen and oxygen atoms in total. The molecule has 2 atom stereocenters. The zero-order valence-electron chi connectivity index (χ0n) is 8.46. The highest BCUT2D eigenvalue weighted by molar-refractivity contribution is 7.98. The van der Waals surface area contributed by atoms with Crippen LogP contribution in [0.4, 0.5) is 0 Å². The van der Waals surface area contributed by atoms with Gasteiger partial charge in [0.05, 0.1) is 6.10 Å². The fraction of sp³-hybridized carbons (Fsp3) is 1.00. The lowest BCUT2D eigenvalue weighted by Gasteiger charge is -2.28. The second-order valence-corrected chi connectivity index (χ2v) is 4.74. The Bertz CT molecular complexity index is 132. The predicted octanol–water partition coefficient (Wildman–Crippen LogP) is 1.63. The number of thioether (sulfide) groups is 1. The Morgan fingerprint density at radius 2 is 2.15 bits per heavy atom. The molecule has 0 bridgehead atoms. The Labute approximate surface area is 85.5 Å². The van der Waals surface area contributed by atoms with Crippen LogP contribution in [0, 0.1) is 0 Å². The van der Waals surface area contributed by atoms with E-state index in [-0.39, 0.29) is 6.10 Å². The van der Waals surface area contributed by atoms with Gasteiger partial charge in [-0.05, 0) is 37.8 Å². The molecule has 0 saturated heterocycles. The molecule has 1 aliphatic rings. The Kier molecular flexibility index (Phi) is 5.83. The number of nitrogens with one attached hydrogen (secondary N) is 1. The third kappa shape index (κ3) is 4.34. The summed E-state index contributed by atoms with van der Waals surface area (Å²) in [5.41, 5.74) is 0. The molecule has 0 aromatic heterocycles. The molecule has 0 radical (unpaired) electrons. The Balaban J connectivity index is 2.05. The van der Waals surface area contributed by atoms with Gasteiger partial charge in [-0.25, -0.2) is 0 Å². The van der Waals surface area contributed by atoms with Gasteiger partial charge in [-0.1, -0.05) is 12.8 Å². The van der Waals surface area contributed by atoms with Crippen LogP contribution < -0.4 is 5.32 Å². The van der Waals surface area contributed by atoms with E-state index in [2.05, 4.69) is 11.6 Å². The molecule has 78 valence electrons. The molecule has 2 N–H and O–H groups in total. The first-order valence-electron chi connectivity index (χ1n) is 5.25. The van der Waals surface area contributed by atoms with Crippen LogP contribution in [0.25, 0.3) is 0 Å². The van der Waals surface area contributed by atoms with Crippen molar-refractivity contribution in [2.45, 2.75) is 44.2 Å². The molecule has 2 unspecified atom stereocenters. The highest BCUT2D eigenvalue weighted by atomic mass is 32.2. The average molecular weight is 203 g/mol. The maximum atomic E-state index is 9.66. The number of aliphatic hydroxyl groups is 1. The molecule has 1 saturated carbocycles. The second kappa shape index (κ2) is 6.68. The van der Waals surface area contributed by atoms with Crippen LogP contribution >= 0.6 is 11.8 Å². The lowest BCUT2D eigenvalue weighted by Crippen LogP contribution is -2.42. The van der Waals surface area contributed by atoms with Crippen LogP contribution in [0.3, 0.4) is 0 Å². The third-order valence-corrected chi connectivity index (χ3v) is 3.36. The molecular formula is C10H21NOS. The highest BCUT2D eigenvalue weighted by Gasteiger charge is 2.21. The maximum absolute atomic E-state index is 9.66. The number of hydrogen-bond donors (Lipinski definition) is 2. The van der Waals surface area contributed by atoms with Gasteiger partial charge in [0.25, 0.3) is 0 Å². The van der Waals surface area contributed by atoms with Crippen molar-refractivity contribution in [1.29, 1.82) is 0 Å². The zero-order chi connectivity index (χ0) is 9.52. The number of aliphatic hydroxyl groups excluding tert-OH is 1. The maximum Gasteiger partial charge on any atom is 0.0693 e. The van der Waals surface area contributed by atoms with Gasteiger partial charge in [0.15, 0.2) is 0 Å². The number of hydrogen-bond acceptors (Lipinski definition) is 3. The molecule has 0 aliphatic heterocycles. The average Bonchev–Trinajstić information content (AvgIpc) is 2.15. The molecule has 0 aromatic carbocycles. The van der Waals surface area contributed by atoms with E-state index < -0.39 is 0 Å². The fourth-order valence-corrected chi connectivity index (χ4v) is 2.29. The quantitative estimate of drug-likeness (QED) is 0.666. The third-order valence-electron chi connectivity index (χ3n) is 2.66. The predicted molar refractivity (Wildman–Crippen MR) is 59.3 cm³/mol. The fourth-order valence-electron chi connectivity index (χ4n) is 1.85. The lowest BCUT2D eigenvalue weighted by atomic mass is 9.92. The minimum Gasteiger partial charge on any atom is -0.392 e. The SMILES string of the molecule is CSCCCNC1CCCCC1O. The van der Waals surface area contributed by atoms with E-state index in [4.69, 9.17) is 0 Å². The summed E-state index contributed by atoms with van der Waals surface area (Å²) >= 11 is 1.89. The topological polar surface area (TPSA) is 32.3 Å². The Morgan fingerprint density at radius 1 is 1.38 bits per heavy atom. The largest absolute Gasteiger partial charge is 0.392 e. The van der Waals surface area contributed by atoms with E-state index in [9.17, 15) is 5.11 Å². The molecule has 0 spiro atoms. The summed E-state index contributed by atoms with van der Waals surface area (Å²) in [6.45, 7) is 1.06. The van der Waals surface area contributed by atoms with Crippen LogP contribution in [-0.4, -0.2) is 35.8 Å². The monoisotopic (exact) mass is 203 g/mol. The highest BCUT2D eigenvalue weighted by Crippen LogP contribution is 2.18. The van der Waals surface area contributed by atoms with Gasteiger partial charge in [0.1, 0.15) is 0 Å². The standard InChI is InChI=1S/C10H21NOS/c1-13-8-4-7-11-9-5-2-3-6-10(9)12/h9-12H,2-8H2,1H3. The van der Waals surface area contributed by atoms with Crippen LogP contribution in [0.1, 0.15) is 32.1 Å². The second-order valence-electron chi connectivity index (χ2n) is 3.76. The van der Waals surface area contributed by atoms with Crippen molar-refractivity contribution < 1.29 is 5.11 Å². The first kappa shape index (κ1) is 11.3. The molecule has 1 fully saturated rings. The van der Waals surface area contributed by atoms with E-state index in [0.717, 1.165) is 19.4 Å². The summed E-state index contributed by atoms with van der Waals surface area (Å²) in [6.07, 6.45) is 7.87.